The molecule has 5 heteroatoms. The van der Waals surface area contributed by atoms with Crippen molar-refractivity contribution in [3.05, 3.63) is 71.2 Å². The van der Waals surface area contributed by atoms with Gasteiger partial charge in [-0.25, -0.2) is 0 Å². The molecule has 0 amide bonds. The van der Waals surface area contributed by atoms with Crippen molar-refractivity contribution < 1.29 is 4.21 Å². The summed E-state index contributed by atoms with van der Waals surface area (Å²) in [6.07, 6.45) is 0. The van der Waals surface area contributed by atoms with Crippen molar-refractivity contribution in [2.75, 3.05) is 5.75 Å². The molecule has 0 aliphatic rings. The zero-order valence-corrected chi connectivity index (χ0v) is 14.5. The van der Waals surface area contributed by atoms with E-state index in [1.54, 1.807) is 0 Å². The molecule has 0 saturated heterocycles. The minimum Gasteiger partial charge on any atom is -0.259 e. The third-order valence-electron chi connectivity index (χ3n) is 3.58. The van der Waals surface area contributed by atoms with Gasteiger partial charge in [0.1, 0.15) is 10.0 Å². The van der Waals surface area contributed by atoms with E-state index in [1.165, 1.54) is 16.9 Å². The summed E-state index contributed by atoms with van der Waals surface area (Å²) in [5, 5.41) is 10.1. The maximum atomic E-state index is 12.4. The normalized spacial score (nSPS) is 13.6. The smallest absolute Gasteiger partial charge is 0.147 e. The quantitative estimate of drug-likeness (QED) is 0.672. The van der Waals surface area contributed by atoms with Crippen LogP contribution in [0.1, 0.15) is 23.4 Å². The van der Waals surface area contributed by atoms with Crippen LogP contribution in [0.2, 0.25) is 0 Å². The molecule has 0 bridgehead atoms. The summed E-state index contributed by atoms with van der Waals surface area (Å²) < 4.78 is 12.4. The summed E-state index contributed by atoms with van der Waals surface area (Å²) in [5.74, 6) is 1.39. The molecule has 23 heavy (non-hydrogen) atoms. The lowest BCUT2D eigenvalue weighted by atomic mass is 10.0. The molecule has 1 aromatic heterocycles. The van der Waals surface area contributed by atoms with Crippen molar-refractivity contribution in [3.8, 4) is 10.6 Å². The van der Waals surface area contributed by atoms with Gasteiger partial charge in [0.15, 0.2) is 0 Å². The highest BCUT2D eigenvalue weighted by Crippen LogP contribution is 2.24. The fraction of sp³-hybridized carbons (Fsp3) is 0.222. The van der Waals surface area contributed by atoms with E-state index in [9.17, 15) is 4.21 Å². The molecule has 3 rings (SSSR count). The van der Waals surface area contributed by atoms with E-state index in [0.717, 1.165) is 15.6 Å². The first-order chi connectivity index (χ1) is 11.2. The van der Waals surface area contributed by atoms with Gasteiger partial charge in [0.25, 0.3) is 0 Å². The average Bonchev–Trinajstić information content (AvgIpc) is 3.04. The van der Waals surface area contributed by atoms with Crippen LogP contribution in [-0.4, -0.2) is 20.2 Å². The fourth-order valence-corrected chi connectivity index (χ4v) is 4.83. The second-order valence-corrected chi connectivity index (χ2v) is 7.99. The van der Waals surface area contributed by atoms with Crippen LogP contribution < -0.4 is 0 Å². The highest BCUT2D eigenvalue weighted by atomic mass is 32.2. The Labute approximate surface area is 142 Å². The lowest BCUT2D eigenvalue weighted by molar-refractivity contribution is 0.676. The Hall–Kier alpha value is -1.85. The van der Waals surface area contributed by atoms with E-state index < -0.39 is 10.8 Å². The molecule has 0 saturated carbocycles. The third kappa shape index (κ3) is 4.33. The Bertz CT molecular complexity index is 772. The predicted molar refractivity (Wildman–Crippen MR) is 96.9 cm³/mol. The second kappa shape index (κ2) is 7.62. The van der Waals surface area contributed by atoms with E-state index in [0.29, 0.717) is 11.5 Å². The van der Waals surface area contributed by atoms with Gasteiger partial charge in [-0.3, -0.25) is 4.21 Å². The highest BCUT2D eigenvalue weighted by Gasteiger charge is 2.13. The summed E-state index contributed by atoms with van der Waals surface area (Å²) >= 11 is 1.52. The second-order valence-electron chi connectivity index (χ2n) is 5.43. The van der Waals surface area contributed by atoms with Crippen LogP contribution in [0.3, 0.4) is 0 Å². The Morgan fingerprint density at radius 1 is 1.00 bits per heavy atom. The van der Waals surface area contributed by atoms with Crippen LogP contribution in [0.25, 0.3) is 10.6 Å². The predicted octanol–water partition coefficient (Wildman–Crippen LogP) is 4.26. The largest absolute Gasteiger partial charge is 0.259 e. The molecule has 0 spiro atoms. The first-order valence-electron chi connectivity index (χ1n) is 7.50. The zero-order valence-electron chi connectivity index (χ0n) is 12.9. The first-order valence-corrected chi connectivity index (χ1v) is 9.80. The van der Waals surface area contributed by atoms with Gasteiger partial charge in [0.05, 0.1) is 5.75 Å². The molecule has 2 atom stereocenters. The monoisotopic (exact) mass is 342 g/mol. The third-order valence-corrected chi connectivity index (χ3v) is 6.20. The Morgan fingerprint density at radius 2 is 1.65 bits per heavy atom. The molecule has 0 fully saturated rings. The minimum atomic E-state index is -0.937. The van der Waals surface area contributed by atoms with Gasteiger partial charge in [0, 0.05) is 22.1 Å². The molecule has 2 aromatic carbocycles. The molecular weight excluding hydrogens is 324 g/mol. The van der Waals surface area contributed by atoms with E-state index in [1.807, 2.05) is 48.5 Å². The zero-order chi connectivity index (χ0) is 16.1. The Kier molecular flexibility index (Phi) is 5.31. The number of nitrogens with zero attached hydrogens (tertiary/aromatic N) is 2. The summed E-state index contributed by atoms with van der Waals surface area (Å²) in [7, 11) is -0.937. The van der Waals surface area contributed by atoms with E-state index >= 15 is 0 Å². The van der Waals surface area contributed by atoms with Gasteiger partial charge in [-0.2, -0.15) is 0 Å². The maximum Gasteiger partial charge on any atom is 0.147 e. The van der Waals surface area contributed by atoms with Crippen molar-refractivity contribution >= 4 is 22.1 Å². The van der Waals surface area contributed by atoms with E-state index in [4.69, 9.17) is 0 Å². The number of rotatable bonds is 6. The molecule has 118 valence electrons. The summed E-state index contributed by atoms with van der Waals surface area (Å²) in [6, 6.07) is 20.2. The van der Waals surface area contributed by atoms with Crippen molar-refractivity contribution in [2.24, 2.45) is 0 Å². The molecule has 0 N–H and O–H groups in total. The van der Waals surface area contributed by atoms with Gasteiger partial charge in [-0.05, 0) is 11.5 Å². The van der Waals surface area contributed by atoms with E-state index in [2.05, 4.69) is 29.3 Å². The van der Waals surface area contributed by atoms with Crippen LogP contribution in [0.5, 0.6) is 0 Å². The van der Waals surface area contributed by atoms with Crippen LogP contribution in [0, 0.1) is 0 Å². The van der Waals surface area contributed by atoms with Gasteiger partial charge in [-0.1, -0.05) is 78.9 Å². The maximum absolute atomic E-state index is 12.4. The fourth-order valence-electron chi connectivity index (χ4n) is 2.36. The highest BCUT2D eigenvalue weighted by molar-refractivity contribution is 7.84. The summed E-state index contributed by atoms with van der Waals surface area (Å²) in [6.45, 7) is 2.11. The SMILES string of the molecule is CC(CS(=O)Cc1nnc(-c2ccccc2)s1)c1ccccc1. The Balaban J connectivity index is 1.61. The topological polar surface area (TPSA) is 42.9 Å². The van der Waals surface area contributed by atoms with Crippen LogP contribution >= 0.6 is 11.3 Å². The van der Waals surface area contributed by atoms with Crippen molar-refractivity contribution in [1.82, 2.24) is 10.2 Å². The number of hydrogen-bond acceptors (Lipinski definition) is 4. The number of hydrogen-bond donors (Lipinski definition) is 0. The average molecular weight is 342 g/mol. The van der Waals surface area contributed by atoms with Crippen LogP contribution in [0.4, 0.5) is 0 Å². The molecular formula is C18H18N2OS2. The van der Waals surface area contributed by atoms with Gasteiger partial charge < -0.3 is 0 Å². The van der Waals surface area contributed by atoms with Gasteiger partial charge in [-0.15, -0.1) is 10.2 Å². The molecule has 0 aliphatic heterocycles. The lowest BCUT2D eigenvalue weighted by Gasteiger charge is -2.10. The number of benzene rings is 2. The first kappa shape index (κ1) is 16.0. The minimum absolute atomic E-state index is 0.276. The van der Waals surface area contributed by atoms with Gasteiger partial charge >= 0.3 is 0 Å². The number of aromatic nitrogens is 2. The molecule has 3 aromatic rings. The lowest BCUT2D eigenvalue weighted by Crippen LogP contribution is -2.08. The van der Waals surface area contributed by atoms with E-state index in [-0.39, 0.29) is 5.92 Å². The molecule has 0 radical (unpaired) electrons. The molecule has 3 nitrogen and oxygen atoms in total. The van der Waals surface area contributed by atoms with Crippen molar-refractivity contribution in [1.29, 1.82) is 0 Å². The van der Waals surface area contributed by atoms with Crippen LogP contribution in [-0.2, 0) is 16.6 Å². The summed E-state index contributed by atoms with van der Waals surface area (Å²) in [5.41, 5.74) is 2.28. The van der Waals surface area contributed by atoms with Crippen molar-refractivity contribution in [2.45, 2.75) is 18.6 Å². The summed E-state index contributed by atoms with van der Waals surface area (Å²) in [4.78, 5) is 0. The molecule has 1 heterocycles. The Morgan fingerprint density at radius 3 is 2.35 bits per heavy atom. The van der Waals surface area contributed by atoms with Gasteiger partial charge in [0.2, 0.25) is 0 Å². The van der Waals surface area contributed by atoms with Crippen LogP contribution in [0.15, 0.2) is 60.7 Å². The molecule has 0 aliphatic carbocycles. The molecule has 2 unspecified atom stereocenters. The van der Waals surface area contributed by atoms with Crippen molar-refractivity contribution in [3.63, 3.8) is 0 Å². The standard InChI is InChI=1S/C18H18N2OS2/c1-14(15-8-4-2-5-9-15)12-23(21)13-17-19-20-18(22-17)16-10-6-3-7-11-16/h2-11,14H,12-13H2,1H3.